The molecule has 1 amide bonds. The van der Waals surface area contributed by atoms with Gasteiger partial charge in [-0.15, -0.1) is 0 Å². The molecule has 2 N–H and O–H groups in total. The maximum Gasteiger partial charge on any atom is 0.251 e. The van der Waals surface area contributed by atoms with Gasteiger partial charge in [-0.2, -0.15) is 0 Å². The second kappa shape index (κ2) is 9.70. The Kier molecular flexibility index (Phi) is 7.32. The maximum atomic E-state index is 13.4. The summed E-state index contributed by atoms with van der Waals surface area (Å²) < 4.78 is 13.4. The number of carbonyl (C=O) groups is 1. The summed E-state index contributed by atoms with van der Waals surface area (Å²) in [6.07, 6.45) is 12.5. The van der Waals surface area contributed by atoms with E-state index < -0.39 is 5.82 Å². The molecule has 0 radical (unpaired) electrons. The number of halogens is 2. The molecule has 3 nitrogen and oxygen atoms in total. The predicted molar refractivity (Wildman–Crippen MR) is 104 cm³/mol. The number of hydrogen-bond donors (Lipinski definition) is 2. The summed E-state index contributed by atoms with van der Waals surface area (Å²) in [6, 6.07) is 4.69. The monoisotopic (exact) mass is 380 g/mol. The molecule has 0 saturated heterocycles. The van der Waals surface area contributed by atoms with Gasteiger partial charge in [0, 0.05) is 22.7 Å². The van der Waals surface area contributed by atoms with Gasteiger partial charge in [0.1, 0.15) is 5.82 Å². The van der Waals surface area contributed by atoms with Gasteiger partial charge in [-0.3, -0.25) is 4.79 Å². The van der Waals surface area contributed by atoms with E-state index in [2.05, 4.69) is 10.6 Å². The molecule has 26 heavy (non-hydrogen) atoms. The standard InChI is InChI=1S/C21H30ClFN2O/c22-17-12-16(13-18(23)14-17)21(26)25-20-8-6-19(7-9-20)24-11-10-15-4-2-1-3-5-15/h12-15,19-20,24H,1-11H2,(H,25,26). The average Bonchev–Trinajstić information content (AvgIpc) is 2.63. The van der Waals surface area contributed by atoms with Crippen LogP contribution in [0.25, 0.3) is 0 Å². The number of hydrogen-bond acceptors (Lipinski definition) is 2. The molecule has 2 aliphatic rings. The van der Waals surface area contributed by atoms with Gasteiger partial charge in [0.2, 0.25) is 0 Å². The lowest BCUT2D eigenvalue weighted by Gasteiger charge is -2.30. The Hall–Kier alpha value is -1.13. The molecular formula is C21H30ClFN2O. The Morgan fingerprint density at radius 2 is 1.69 bits per heavy atom. The number of amides is 1. The van der Waals surface area contributed by atoms with Crippen molar-refractivity contribution < 1.29 is 9.18 Å². The van der Waals surface area contributed by atoms with E-state index in [0.717, 1.165) is 38.1 Å². The summed E-state index contributed by atoms with van der Waals surface area (Å²) in [7, 11) is 0. The van der Waals surface area contributed by atoms with Crippen LogP contribution in [0.3, 0.4) is 0 Å². The molecular weight excluding hydrogens is 351 g/mol. The molecule has 0 atom stereocenters. The van der Waals surface area contributed by atoms with Gasteiger partial charge in [-0.1, -0.05) is 43.7 Å². The van der Waals surface area contributed by atoms with Crippen molar-refractivity contribution in [1.82, 2.24) is 10.6 Å². The Morgan fingerprint density at radius 3 is 2.38 bits per heavy atom. The number of rotatable bonds is 6. The van der Waals surface area contributed by atoms with E-state index >= 15 is 0 Å². The SMILES string of the molecule is O=C(NC1CCC(NCCC2CCCCC2)CC1)c1cc(F)cc(Cl)c1. The minimum absolute atomic E-state index is 0.168. The van der Waals surface area contributed by atoms with Crippen molar-refractivity contribution in [2.45, 2.75) is 76.3 Å². The van der Waals surface area contributed by atoms with Crippen molar-refractivity contribution in [2.75, 3.05) is 6.54 Å². The molecule has 0 heterocycles. The van der Waals surface area contributed by atoms with E-state index in [4.69, 9.17) is 11.6 Å². The second-order valence-electron chi connectivity index (χ2n) is 7.93. The molecule has 1 aromatic carbocycles. The number of benzene rings is 1. The average molecular weight is 381 g/mol. The van der Waals surface area contributed by atoms with E-state index in [1.165, 1.54) is 56.7 Å². The highest BCUT2D eigenvalue weighted by molar-refractivity contribution is 6.31. The van der Waals surface area contributed by atoms with Crippen LogP contribution in [0.15, 0.2) is 18.2 Å². The molecule has 2 aliphatic carbocycles. The molecule has 0 bridgehead atoms. The molecule has 3 rings (SSSR count). The van der Waals surface area contributed by atoms with Crippen LogP contribution in [0.4, 0.5) is 4.39 Å². The van der Waals surface area contributed by atoms with Crippen molar-refractivity contribution in [3.63, 3.8) is 0 Å². The van der Waals surface area contributed by atoms with Gasteiger partial charge in [0.15, 0.2) is 0 Å². The minimum Gasteiger partial charge on any atom is -0.349 e. The molecule has 0 aromatic heterocycles. The van der Waals surface area contributed by atoms with Gasteiger partial charge in [-0.05, 0) is 62.8 Å². The quantitative estimate of drug-likeness (QED) is 0.722. The van der Waals surface area contributed by atoms with E-state index in [-0.39, 0.29) is 17.0 Å². The van der Waals surface area contributed by atoms with Gasteiger partial charge in [0.25, 0.3) is 5.91 Å². The first-order chi connectivity index (χ1) is 12.6. The highest BCUT2D eigenvalue weighted by Gasteiger charge is 2.23. The summed E-state index contributed by atoms with van der Waals surface area (Å²) >= 11 is 5.83. The zero-order valence-electron chi connectivity index (χ0n) is 15.4. The van der Waals surface area contributed by atoms with Gasteiger partial charge >= 0.3 is 0 Å². The first kappa shape index (κ1) is 19.6. The molecule has 144 valence electrons. The number of carbonyl (C=O) groups excluding carboxylic acids is 1. The Balaban J connectivity index is 1.36. The third kappa shape index (κ3) is 5.95. The normalized spacial score (nSPS) is 24.4. The number of nitrogens with one attached hydrogen (secondary N) is 2. The van der Waals surface area contributed by atoms with Crippen molar-refractivity contribution in [2.24, 2.45) is 5.92 Å². The lowest BCUT2D eigenvalue weighted by Crippen LogP contribution is -2.42. The largest absolute Gasteiger partial charge is 0.349 e. The third-order valence-corrected chi connectivity index (χ3v) is 6.12. The Morgan fingerprint density at radius 1 is 1.00 bits per heavy atom. The molecule has 0 aliphatic heterocycles. The van der Waals surface area contributed by atoms with Crippen LogP contribution in [-0.2, 0) is 0 Å². The highest BCUT2D eigenvalue weighted by Crippen LogP contribution is 2.26. The topological polar surface area (TPSA) is 41.1 Å². The van der Waals surface area contributed by atoms with E-state index in [1.807, 2.05) is 0 Å². The molecule has 0 spiro atoms. The van der Waals surface area contributed by atoms with Crippen molar-refractivity contribution in [3.8, 4) is 0 Å². The fourth-order valence-electron chi connectivity index (χ4n) is 4.36. The smallest absolute Gasteiger partial charge is 0.251 e. The summed E-state index contributed by atoms with van der Waals surface area (Å²) in [6.45, 7) is 1.12. The molecule has 1 aromatic rings. The zero-order valence-corrected chi connectivity index (χ0v) is 16.2. The van der Waals surface area contributed by atoms with E-state index in [9.17, 15) is 9.18 Å². The first-order valence-electron chi connectivity index (χ1n) is 10.1. The van der Waals surface area contributed by atoms with Crippen LogP contribution in [0.1, 0.15) is 74.6 Å². The van der Waals surface area contributed by atoms with Gasteiger partial charge in [0.05, 0.1) is 0 Å². The molecule has 2 fully saturated rings. The molecule has 5 heteroatoms. The van der Waals surface area contributed by atoms with Crippen LogP contribution >= 0.6 is 11.6 Å². The summed E-state index contributed by atoms with van der Waals surface area (Å²) in [5.74, 6) is 0.207. The van der Waals surface area contributed by atoms with Gasteiger partial charge in [-0.25, -0.2) is 4.39 Å². The van der Waals surface area contributed by atoms with Crippen molar-refractivity contribution in [1.29, 1.82) is 0 Å². The fraction of sp³-hybridized carbons (Fsp3) is 0.667. The van der Waals surface area contributed by atoms with Crippen LogP contribution in [0, 0.1) is 11.7 Å². The molecule has 0 unspecified atom stereocenters. The fourth-order valence-corrected chi connectivity index (χ4v) is 4.58. The Labute approximate surface area is 161 Å². The molecule has 2 saturated carbocycles. The highest BCUT2D eigenvalue weighted by atomic mass is 35.5. The van der Waals surface area contributed by atoms with Crippen LogP contribution in [0.5, 0.6) is 0 Å². The van der Waals surface area contributed by atoms with Crippen LogP contribution in [0.2, 0.25) is 5.02 Å². The van der Waals surface area contributed by atoms with E-state index in [1.54, 1.807) is 0 Å². The first-order valence-corrected chi connectivity index (χ1v) is 10.5. The summed E-state index contributed by atoms with van der Waals surface area (Å²) in [5, 5.41) is 6.99. The summed E-state index contributed by atoms with van der Waals surface area (Å²) in [4.78, 5) is 12.3. The second-order valence-corrected chi connectivity index (χ2v) is 8.36. The van der Waals surface area contributed by atoms with Gasteiger partial charge < -0.3 is 10.6 Å². The third-order valence-electron chi connectivity index (χ3n) is 5.90. The van der Waals surface area contributed by atoms with Crippen molar-refractivity contribution in [3.05, 3.63) is 34.6 Å². The van der Waals surface area contributed by atoms with Crippen molar-refractivity contribution >= 4 is 17.5 Å². The maximum absolute atomic E-state index is 13.4. The van der Waals surface area contributed by atoms with Crippen LogP contribution < -0.4 is 10.6 Å². The Bertz CT molecular complexity index is 575. The minimum atomic E-state index is -0.478. The van der Waals surface area contributed by atoms with E-state index in [0.29, 0.717) is 11.6 Å². The lowest BCUT2D eigenvalue weighted by atomic mass is 9.86. The summed E-state index contributed by atoms with van der Waals surface area (Å²) in [5.41, 5.74) is 0.294. The lowest BCUT2D eigenvalue weighted by molar-refractivity contribution is 0.0923. The predicted octanol–water partition coefficient (Wildman–Crippen LogP) is 5.08. The van der Waals surface area contributed by atoms with Crippen LogP contribution in [-0.4, -0.2) is 24.5 Å². The zero-order chi connectivity index (χ0) is 18.4.